The van der Waals surface area contributed by atoms with Gasteiger partial charge in [-0.1, -0.05) is 29.8 Å². The zero-order valence-corrected chi connectivity index (χ0v) is 10.9. The first-order valence-electron chi connectivity index (χ1n) is 5.27. The number of aromatic nitrogens is 1. The highest BCUT2D eigenvalue weighted by atomic mass is 35.5. The summed E-state index contributed by atoms with van der Waals surface area (Å²) in [4.78, 5) is 15.9. The Bertz CT molecular complexity index is 555. The number of benzene rings is 1. The van der Waals surface area contributed by atoms with Crippen molar-refractivity contribution in [3.05, 3.63) is 58.9 Å². The van der Waals surface area contributed by atoms with E-state index in [1.807, 2.05) is 18.2 Å². The number of nitrogens with one attached hydrogen (secondary N) is 1. The Labute approximate surface area is 115 Å². The van der Waals surface area contributed by atoms with Crippen molar-refractivity contribution < 1.29 is 4.79 Å². The third kappa shape index (κ3) is 3.00. The molecule has 0 saturated heterocycles. The van der Waals surface area contributed by atoms with Gasteiger partial charge in [-0.15, -0.1) is 11.6 Å². The molecule has 0 fully saturated rings. The molecule has 92 valence electrons. The van der Waals surface area contributed by atoms with Crippen LogP contribution in [0.4, 0.5) is 5.69 Å². The molecule has 1 heterocycles. The normalized spacial score (nSPS) is 10.1. The summed E-state index contributed by atoms with van der Waals surface area (Å²) in [5, 5.41) is 3.26. The van der Waals surface area contributed by atoms with Gasteiger partial charge in [0, 0.05) is 17.8 Å². The smallest absolute Gasteiger partial charge is 0.274 e. The van der Waals surface area contributed by atoms with Crippen LogP contribution in [0.5, 0.6) is 0 Å². The van der Waals surface area contributed by atoms with Crippen LogP contribution < -0.4 is 5.32 Å². The fraction of sp³-hybridized carbons (Fsp3) is 0.0769. The summed E-state index contributed by atoms with van der Waals surface area (Å²) in [6.45, 7) is 0. The number of halogens is 2. The summed E-state index contributed by atoms with van der Waals surface area (Å²) in [5.74, 6) is 0.0501. The van der Waals surface area contributed by atoms with Crippen molar-refractivity contribution in [2.24, 2.45) is 0 Å². The number of hydrogen-bond acceptors (Lipinski definition) is 2. The number of carbonyl (C=O) groups is 1. The van der Waals surface area contributed by atoms with Gasteiger partial charge in [-0.25, -0.2) is 4.98 Å². The van der Waals surface area contributed by atoms with Crippen LogP contribution in [0.25, 0.3) is 0 Å². The Balaban J connectivity index is 2.18. The van der Waals surface area contributed by atoms with E-state index in [-0.39, 0.29) is 5.91 Å². The Kier molecular flexibility index (Phi) is 4.18. The van der Waals surface area contributed by atoms with Crippen molar-refractivity contribution >= 4 is 34.8 Å². The molecule has 0 unspecified atom stereocenters. The predicted octanol–water partition coefficient (Wildman–Crippen LogP) is 3.73. The van der Waals surface area contributed by atoms with E-state index >= 15 is 0 Å². The van der Waals surface area contributed by atoms with E-state index in [4.69, 9.17) is 23.2 Å². The molecule has 18 heavy (non-hydrogen) atoms. The van der Waals surface area contributed by atoms with Crippen LogP contribution in [0.3, 0.4) is 0 Å². The first-order valence-corrected chi connectivity index (χ1v) is 6.18. The number of pyridine rings is 1. The van der Waals surface area contributed by atoms with Crippen molar-refractivity contribution in [2.75, 3.05) is 5.32 Å². The van der Waals surface area contributed by atoms with Gasteiger partial charge in [0.15, 0.2) is 0 Å². The lowest BCUT2D eigenvalue weighted by atomic mass is 10.2. The van der Waals surface area contributed by atoms with Gasteiger partial charge in [0.2, 0.25) is 0 Å². The maximum Gasteiger partial charge on any atom is 0.274 e. The van der Waals surface area contributed by atoms with E-state index in [1.165, 1.54) is 6.20 Å². The summed E-state index contributed by atoms with van der Waals surface area (Å²) < 4.78 is 0. The molecule has 5 heteroatoms. The van der Waals surface area contributed by atoms with Crippen molar-refractivity contribution in [2.45, 2.75) is 5.88 Å². The summed E-state index contributed by atoms with van der Waals surface area (Å²) in [6, 6.07) is 10.6. The second kappa shape index (κ2) is 5.85. The summed E-state index contributed by atoms with van der Waals surface area (Å²) in [7, 11) is 0. The van der Waals surface area contributed by atoms with Gasteiger partial charge in [0.25, 0.3) is 5.91 Å². The molecule has 0 atom stereocenters. The Morgan fingerprint density at radius 2 is 2.00 bits per heavy atom. The minimum Gasteiger partial charge on any atom is -0.320 e. The summed E-state index contributed by atoms with van der Waals surface area (Å²) >= 11 is 11.5. The predicted molar refractivity (Wildman–Crippen MR) is 73.2 cm³/mol. The van der Waals surface area contributed by atoms with Gasteiger partial charge >= 0.3 is 0 Å². The molecule has 0 aliphatic heterocycles. The van der Waals surface area contributed by atoms with E-state index in [9.17, 15) is 4.79 Å². The monoisotopic (exact) mass is 280 g/mol. The number of para-hydroxylation sites is 1. The van der Waals surface area contributed by atoms with Crippen LogP contribution >= 0.6 is 23.2 Å². The molecule has 2 aromatic rings. The quantitative estimate of drug-likeness (QED) is 0.871. The minimum absolute atomic E-state index is 0.288. The van der Waals surface area contributed by atoms with Crippen molar-refractivity contribution in [1.82, 2.24) is 4.98 Å². The first-order chi connectivity index (χ1) is 8.70. The van der Waals surface area contributed by atoms with E-state index in [0.29, 0.717) is 22.3 Å². The molecule has 1 N–H and O–H groups in total. The summed E-state index contributed by atoms with van der Waals surface area (Å²) in [6.07, 6.45) is 1.43. The number of rotatable bonds is 3. The van der Waals surface area contributed by atoms with Crippen LogP contribution in [-0.2, 0) is 5.88 Å². The fourth-order valence-corrected chi connectivity index (χ4v) is 1.80. The lowest BCUT2D eigenvalue weighted by molar-refractivity contribution is 0.102. The van der Waals surface area contributed by atoms with Gasteiger partial charge in [0.1, 0.15) is 5.69 Å². The molecule has 0 saturated carbocycles. The van der Waals surface area contributed by atoms with Crippen molar-refractivity contribution in [3.8, 4) is 0 Å². The molecule has 0 aliphatic rings. The van der Waals surface area contributed by atoms with Gasteiger partial charge in [-0.05, 0) is 23.8 Å². The molecule has 0 spiro atoms. The van der Waals surface area contributed by atoms with E-state index in [1.54, 1.807) is 18.2 Å². The third-order valence-corrected chi connectivity index (χ3v) is 2.88. The number of carbonyl (C=O) groups excluding carboxylic acids is 1. The number of hydrogen-bond donors (Lipinski definition) is 1. The van der Waals surface area contributed by atoms with Crippen molar-refractivity contribution in [1.29, 1.82) is 0 Å². The SMILES string of the molecule is O=C(Nc1ccccc1CCl)c1ccc(Cl)cn1. The highest BCUT2D eigenvalue weighted by Gasteiger charge is 2.09. The second-order valence-corrected chi connectivity index (χ2v) is 4.31. The number of amides is 1. The molecule has 1 aromatic heterocycles. The minimum atomic E-state index is -0.288. The average Bonchev–Trinajstić information content (AvgIpc) is 2.40. The van der Waals surface area contributed by atoms with Crippen LogP contribution in [0.2, 0.25) is 5.02 Å². The van der Waals surface area contributed by atoms with E-state index in [2.05, 4.69) is 10.3 Å². The first kappa shape index (κ1) is 12.9. The van der Waals surface area contributed by atoms with Gasteiger partial charge < -0.3 is 5.32 Å². The Hall–Kier alpha value is -1.58. The van der Waals surface area contributed by atoms with E-state index < -0.39 is 0 Å². The standard InChI is InChI=1S/C13H10Cl2N2O/c14-7-9-3-1-2-4-11(9)17-13(18)12-6-5-10(15)8-16-12/h1-6,8H,7H2,(H,17,18). The van der Waals surface area contributed by atoms with Gasteiger partial charge in [0.05, 0.1) is 5.02 Å². The van der Waals surface area contributed by atoms with Crippen LogP contribution in [0.1, 0.15) is 16.1 Å². The number of alkyl halides is 1. The Morgan fingerprint density at radius 3 is 2.67 bits per heavy atom. The largest absolute Gasteiger partial charge is 0.320 e. The lowest BCUT2D eigenvalue weighted by Gasteiger charge is -2.08. The summed E-state index contributed by atoms with van der Waals surface area (Å²) in [5.41, 5.74) is 1.86. The maximum atomic E-state index is 11.9. The van der Waals surface area contributed by atoms with Crippen molar-refractivity contribution in [3.63, 3.8) is 0 Å². The number of nitrogens with zero attached hydrogens (tertiary/aromatic N) is 1. The molecular formula is C13H10Cl2N2O. The Morgan fingerprint density at radius 1 is 1.22 bits per heavy atom. The molecule has 3 nitrogen and oxygen atoms in total. The molecule has 1 amide bonds. The van der Waals surface area contributed by atoms with Crippen LogP contribution in [0, 0.1) is 0 Å². The molecule has 0 bridgehead atoms. The highest BCUT2D eigenvalue weighted by molar-refractivity contribution is 6.30. The molecule has 0 aliphatic carbocycles. The third-order valence-electron chi connectivity index (χ3n) is 2.37. The molecule has 2 rings (SSSR count). The second-order valence-electron chi connectivity index (χ2n) is 3.61. The van der Waals surface area contributed by atoms with Gasteiger partial charge in [-0.3, -0.25) is 4.79 Å². The van der Waals surface area contributed by atoms with Crippen LogP contribution in [0.15, 0.2) is 42.6 Å². The van der Waals surface area contributed by atoms with Crippen LogP contribution in [-0.4, -0.2) is 10.9 Å². The average molecular weight is 281 g/mol. The van der Waals surface area contributed by atoms with Gasteiger partial charge in [-0.2, -0.15) is 0 Å². The topological polar surface area (TPSA) is 42.0 Å². The van der Waals surface area contributed by atoms with E-state index in [0.717, 1.165) is 5.56 Å². The zero-order chi connectivity index (χ0) is 13.0. The highest BCUT2D eigenvalue weighted by Crippen LogP contribution is 2.18. The lowest BCUT2D eigenvalue weighted by Crippen LogP contribution is -2.14. The zero-order valence-electron chi connectivity index (χ0n) is 9.36. The maximum absolute atomic E-state index is 11.9. The molecule has 1 aromatic carbocycles. The number of anilines is 1. The molecular weight excluding hydrogens is 271 g/mol. The molecule has 0 radical (unpaired) electrons. The fourth-order valence-electron chi connectivity index (χ4n) is 1.46.